The van der Waals surface area contributed by atoms with Crippen LogP contribution in [0.4, 0.5) is 0 Å². The van der Waals surface area contributed by atoms with E-state index in [9.17, 15) is 0 Å². The Morgan fingerprint density at radius 2 is 2.06 bits per heavy atom. The van der Waals surface area contributed by atoms with Crippen LogP contribution in [-0.2, 0) is 0 Å². The number of rotatable bonds is 1. The van der Waals surface area contributed by atoms with Crippen LogP contribution in [0, 0.1) is 6.92 Å². The Kier molecular flexibility index (Phi) is 2.61. The molecule has 3 heterocycles. The number of hydrogen-bond acceptors (Lipinski definition) is 5. The Morgan fingerprint density at radius 3 is 2.78 bits per heavy atom. The lowest BCUT2D eigenvalue weighted by Crippen LogP contribution is -2.02. The number of tetrazole rings is 1. The van der Waals surface area contributed by atoms with Crippen molar-refractivity contribution in [1.82, 2.24) is 30.0 Å². The van der Waals surface area contributed by atoms with Crippen LogP contribution in [-0.4, -0.2) is 30.0 Å². The second-order valence-corrected chi connectivity index (χ2v) is 4.43. The van der Waals surface area contributed by atoms with Gasteiger partial charge in [0.1, 0.15) is 10.7 Å². The molecule has 0 aromatic carbocycles. The SMILES string of the molecule is Cc1nc(-c2ccc(Cl)cn2)n2nnnc2c1Cl. The molecule has 3 rings (SSSR count). The van der Waals surface area contributed by atoms with Gasteiger partial charge in [-0.15, -0.1) is 5.10 Å². The van der Waals surface area contributed by atoms with Crippen molar-refractivity contribution in [2.75, 3.05) is 0 Å². The third kappa shape index (κ3) is 1.70. The van der Waals surface area contributed by atoms with Crippen LogP contribution in [0.5, 0.6) is 0 Å². The molecule has 0 fully saturated rings. The van der Waals surface area contributed by atoms with Crippen LogP contribution in [0.2, 0.25) is 10.0 Å². The molecule has 3 aromatic rings. The van der Waals surface area contributed by atoms with E-state index in [0.717, 1.165) is 0 Å². The van der Waals surface area contributed by atoms with Gasteiger partial charge in [-0.05, 0) is 29.5 Å². The molecular formula is C10H6Cl2N6. The van der Waals surface area contributed by atoms with E-state index >= 15 is 0 Å². The van der Waals surface area contributed by atoms with Crippen molar-refractivity contribution >= 4 is 28.8 Å². The Balaban J connectivity index is 2.32. The number of aryl methyl sites for hydroxylation is 1. The fourth-order valence-electron chi connectivity index (χ4n) is 1.56. The molecule has 0 radical (unpaired) electrons. The number of aromatic nitrogens is 6. The highest BCUT2D eigenvalue weighted by Crippen LogP contribution is 2.23. The Hall–Kier alpha value is -1.79. The van der Waals surface area contributed by atoms with Gasteiger partial charge in [0.05, 0.1) is 10.7 Å². The van der Waals surface area contributed by atoms with Crippen molar-refractivity contribution in [2.24, 2.45) is 0 Å². The zero-order chi connectivity index (χ0) is 12.7. The summed E-state index contributed by atoms with van der Waals surface area (Å²) in [6.07, 6.45) is 1.54. The highest BCUT2D eigenvalue weighted by Gasteiger charge is 2.14. The van der Waals surface area contributed by atoms with Crippen LogP contribution in [0.15, 0.2) is 18.3 Å². The lowest BCUT2D eigenvalue weighted by atomic mass is 10.3. The summed E-state index contributed by atoms with van der Waals surface area (Å²) in [6, 6.07) is 3.48. The molecule has 0 atom stereocenters. The van der Waals surface area contributed by atoms with Gasteiger partial charge in [0, 0.05) is 6.20 Å². The predicted molar refractivity (Wildman–Crippen MR) is 66.6 cm³/mol. The molecule has 0 saturated carbocycles. The van der Waals surface area contributed by atoms with Crippen molar-refractivity contribution in [3.8, 4) is 11.5 Å². The quantitative estimate of drug-likeness (QED) is 0.684. The summed E-state index contributed by atoms with van der Waals surface area (Å²) >= 11 is 11.9. The van der Waals surface area contributed by atoms with Crippen LogP contribution in [0.25, 0.3) is 17.2 Å². The van der Waals surface area contributed by atoms with E-state index < -0.39 is 0 Å². The molecule has 0 saturated heterocycles. The third-order valence-corrected chi connectivity index (χ3v) is 3.08. The van der Waals surface area contributed by atoms with Gasteiger partial charge in [-0.25, -0.2) is 4.98 Å². The van der Waals surface area contributed by atoms with Crippen molar-refractivity contribution in [2.45, 2.75) is 6.92 Å². The van der Waals surface area contributed by atoms with Crippen molar-refractivity contribution in [1.29, 1.82) is 0 Å². The first-order valence-electron chi connectivity index (χ1n) is 5.03. The van der Waals surface area contributed by atoms with Crippen molar-refractivity contribution in [3.63, 3.8) is 0 Å². The summed E-state index contributed by atoms with van der Waals surface area (Å²) in [5, 5.41) is 12.3. The van der Waals surface area contributed by atoms with Gasteiger partial charge < -0.3 is 0 Å². The lowest BCUT2D eigenvalue weighted by Gasteiger charge is -2.05. The summed E-state index contributed by atoms with van der Waals surface area (Å²) in [4.78, 5) is 8.55. The maximum absolute atomic E-state index is 6.08. The summed E-state index contributed by atoms with van der Waals surface area (Å²) in [5.41, 5.74) is 1.72. The largest absolute Gasteiger partial charge is 0.251 e. The zero-order valence-corrected chi connectivity index (χ0v) is 10.7. The molecule has 0 unspecified atom stereocenters. The molecule has 0 N–H and O–H groups in total. The molecule has 3 aromatic heterocycles. The summed E-state index contributed by atoms with van der Waals surface area (Å²) in [5.74, 6) is 0.522. The maximum Gasteiger partial charge on any atom is 0.202 e. The smallest absolute Gasteiger partial charge is 0.202 e. The van der Waals surface area contributed by atoms with Crippen LogP contribution >= 0.6 is 23.2 Å². The van der Waals surface area contributed by atoms with Gasteiger partial charge in [0.25, 0.3) is 0 Å². The molecule has 0 bridgehead atoms. The molecule has 90 valence electrons. The zero-order valence-electron chi connectivity index (χ0n) is 9.17. The van der Waals surface area contributed by atoms with Gasteiger partial charge in [-0.3, -0.25) is 4.98 Å². The first kappa shape index (κ1) is 11.3. The Bertz CT molecular complexity index is 721. The minimum absolute atomic E-state index is 0.428. The second kappa shape index (κ2) is 4.15. The van der Waals surface area contributed by atoms with Gasteiger partial charge >= 0.3 is 0 Å². The van der Waals surface area contributed by atoms with E-state index in [-0.39, 0.29) is 0 Å². The minimum Gasteiger partial charge on any atom is -0.251 e. The predicted octanol–water partition coefficient (Wildman–Crippen LogP) is 2.20. The van der Waals surface area contributed by atoms with E-state index in [4.69, 9.17) is 23.2 Å². The lowest BCUT2D eigenvalue weighted by molar-refractivity contribution is 0.811. The first-order valence-corrected chi connectivity index (χ1v) is 5.78. The Labute approximate surface area is 112 Å². The molecule has 0 aliphatic rings. The summed E-state index contributed by atoms with van der Waals surface area (Å²) in [6.45, 7) is 1.79. The molecule has 0 spiro atoms. The molecule has 0 amide bonds. The molecular weight excluding hydrogens is 275 g/mol. The van der Waals surface area contributed by atoms with Crippen molar-refractivity contribution in [3.05, 3.63) is 34.1 Å². The van der Waals surface area contributed by atoms with Gasteiger partial charge in [0.2, 0.25) is 5.65 Å². The first-order chi connectivity index (χ1) is 8.66. The van der Waals surface area contributed by atoms with Crippen LogP contribution in [0.1, 0.15) is 5.69 Å². The topological polar surface area (TPSA) is 68.9 Å². The van der Waals surface area contributed by atoms with Gasteiger partial charge in [-0.1, -0.05) is 23.2 Å². The number of hydrogen-bond donors (Lipinski definition) is 0. The van der Waals surface area contributed by atoms with Crippen LogP contribution < -0.4 is 0 Å². The fourth-order valence-corrected chi connectivity index (χ4v) is 1.83. The van der Waals surface area contributed by atoms with E-state index in [1.807, 2.05) is 0 Å². The average Bonchev–Trinajstić information content (AvgIpc) is 2.84. The molecule has 6 nitrogen and oxygen atoms in total. The van der Waals surface area contributed by atoms with Gasteiger partial charge in [-0.2, -0.15) is 4.52 Å². The number of nitrogens with zero attached hydrogens (tertiary/aromatic N) is 6. The van der Waals surface area contributed by atoms with E-state index in [0.29, 0.717) is 32.9 Å². The van der Waals surface area contributed by atoms with Crippen molar-refractivity contribution < 1.29 is 0 Å². The highest BCUT2D eigenvalue weighted by atomic mass is 35.5. The monoisotopic (exact) mass is 280 g/mol. The Morgan fingerprint density at radius 1 is 1.22 bits per heavy atom. The molecule has 8 heteroatoms. The van der Waals surface area contributed by atoms with Gasteiger partial charge in [0.15, 0.2) is 5.82 Å². The molecule has 0 aliphatic carbocycles. The number of halogens is 2. The number of fused-ring (bicyclic) bond motifs is 1. The van der Waals surface area contributed by atoms with E-state index in [1.165, 1.54) is 4.52 Å². The van der Waals surface area contributed by atoms with E-state index in [2.05, 4.69) is 25.5 Å². The number of pyridine rings is 1. The molecule has 0 aliphatic heterocycles. The standard InChI is InChI=1S/C10H6Cl2N6/c1-5-8(12)10-15-16-17-18(10)9(14-5)7-3-2-6(11)4-13-7/h2-4H,1H3. The minimum atomic E-state index is 0.428. The van der Waals surface area contributed by atoms with Crippen LogP contribution in [0.3, 0.4) is 0 Å². The molecule has 18 heavy (non-hydrogen) atoms. The summed E-state index contributed by atoms with van der Waals surface area (Å²) in [7, 11) is 0. The summed E-state index contributed by atoms with van der Waals surface area (Å²) < 4.78 is 1.45. The van der Waals surface area contributed by atoms with E-state index in [1.54, 1.807) is 25.3 Å². The fraction of sp³-hybridized carbons (Fsp3) is 0.100. The normalized spacial score (nSPS) is 11.1. The third-order valence-electron chi connectivity index (χ3n) is 2.41. The second-order valence-electron chi connectivity index (χ2n) is 3.61. The average molecular weight is 281 g/mol. The maximum atomic E-state index is 6.08. The highest BCUT2D eigenvalue weighted by molar-refractivity contribution is 6.34.